The van der Waals surface area contributed by atoms with Crippen molar-refractivity contribution in [3.8, 4) is 0 Å². The van der Waals surface area contributed by atoms with E-state index < -0.39 is 0 Å². The van der Waals surface area contributed by atoms with Gasteiger partial charge in [0.15, 0.2) is 11.6 Å². The third-order valence-corrected chi connectivity index (χ3v) is 5.36. The minimum atomic E-state index is -0.0829. The molecule has 1 fully saturated rings. The number of carbonyl (C=O) groups excluding carboxylic acids is 2. The van der Waals surface area contributed by atoms with E-state index in [1.165, 1.54) is 0 Å². The zero-order valence-corrected chi connectivity index (χ0v) is 16.3. The Bertz CT molecular complexity index is 1020. The van der Waals surface area contributed by atoms with Crippen molar-refractivity contribution in [2.24, 2.45) is 0 Å². The van der Waals surface area contributed by atoms with Gasteiger partial charge in [-0.2, -0.15) is 5.10 Å². The maximum atomic E-state index is 13.1. The summed E-state index contributed by atoms with van der Waals surface area (Å²) in [7, 11) is 0. The van der Waals surface area contributed by atoms with Crippen LogP contribution < -0.4 is 0 Å². The molecule has 0 spiro atoms. The normalized spacial score (nSPS) is 16.8. The molecule has 2 aromatic heterocycles. The van der Waals surface area contributed by atoms with Gasteiger partial charge < -0.3 is 9.47 Å². The Morgan fingerprint density at radius 2 is 2.11 bits per heavy atom. The number of likely N-dealkylation sites (tertiary alicyclic amines) is 1. The van der Waals surface area contributed by atoms with Crippen LogP contribution in [0.15, 0.2) is 30.5 Å². The highest BCUT2D eigenvalue weighted by atomic mass is 16.2. The quantitative estimate of drug-likeness (QED) is 0.665. The van der Waals surface area contributed by atoms with Crippen molar-refractivity contribution in [3.63, 3.8) is 0 Å². The highest BCUT2D eigenvalue weighted by Gasteiger charge is 2.32. The molecule has 7 nitrogen and oxygen atoms in total. The number of aromatic amines is 1. The van der Waals surface area contributed by atoms with E-state index in [0.717, 1.165) is 36.0 Å². The number of aryl methyl sites for hydroxylation is 1. The molecule has 0 saturated carbocycles. The van der Waals surface area contributed by atoms with Gasteiger partial charge in [0, 0.05) is 35.6 Å². The standard InChI is InChI=1S/C21H25N5O2/c1-3-7-19(27)16-12-25(17-9-5-4-8-15(16)17)13-20(28)26-11-6-10-18(26)21-22-14(2)23-24-21/h4-5,8-9,12,18H,3,6-7,10-11,13H2,1-2H3,(H,22,23,24)/t18-/m1/s1. The number of carbonyl (C=O) groups is 2. The van der Waals surface area contributed by atoms with Crippen molar-refractivity contribution in [2.75, 3.05) is 6.54 Å². The third kappa shape index (κ3) is 3.32. The summed E-state index contributed by atoms with van der Waals surface area (Å²) in [6.07, 6.45) is 4.97. The Balaban J connectivity index is 1.61. The smallest absolute Gasteiger partial charge is 0.243 e. The number of hydrogen-bond donors (Lipinski definition) is 1. The van der Waals surface area contributed by atoms with Crippen LogP contribution in [0.25, 0.3) is 10.9 Å². The molecule has 146 valence electrons. The van der Waals surface area contributed by atoms with E-state index in [0.29, 0.717) is 24.4 Å². The van der Waals surface area contributed by atoms with E-state index >= 15 is 0 Å². The van der Waals surface area contributed by atoms with Crippen molar-refractivity contribution < 1.29 is 9.59 Å². The Morgan fingerprint density at radius 3 is 2.86 bits per heavy atom. The Labute approximate surface area is 163 Å². The fraction of sp³-hybridized carbons (Fsp3) is 0.429. The fourth-order valence-corrected chi connectivity index (χ4v) is 4.04. The van der Waals surface area contributed by atoms with Crippen LogP contribution in [0, 0.1) is 6.92 Å². The average Bonchev–Trinajstić information content (AvgIpc) is 3.40. The van der Waals surface area contributed by atoms with Gasteiger partial charge in [-0.1, -0.05) is 25.1 Å². The lowest BCUT2D eigenvalue weighted by Gasteiger charge is -2.23. The van der Waals surface area contributed by atoms with Gasteiger partial charge in [-0.05, 0) is 32.3 Å². The first-order valence-electron chi connectivity index (χ1n) is 9.88. The van der Waals surface area contributed by atoms with E-state index in [1.54, 1.807) is 0 Å². The van der Waals surface area contributed by atoms with Crippen LogP contribution in [0.1, 0.15) is 60.7 Å². The SMILES string of the molecule is CCCC(=O)c1cn(CC(=O)N2CCC[C@@H]2c2n[nH]c(C)n2)c2ccccc12. The van der Waals surface area contributed by atoms with Crippen molar-refractivity contribution in [3.05, 3.63) is 47.7 Å². The maximum absolute atomic E-state index is 13.1. The molecular weight excluding hydrogens is 354 g/mol. The van der Waals surface area contributed by atoms with E-state index in [9.17, 15) is 9.59 Å². The third-order valence-electron chi connectivity index (χ3n) is 5.36. The number of nitrogens with one attached hydrogen (secondary N) is 1. The molecule has 0 radical (unpaired) electrons. The van der Waals surface area contributed by atoms with Gasteiger partial charge in [-0.3, -0.25) is 14.7 Å². The predicted molar refractivity (Wildman–Crippen MR) is 106 cm³/mol. The summed E-state index contributed by atoms with van der Waals surface area (Å²) in [6, 6.07) is 7.70. The Hall–Kier alpha value is -2.96. The lowest BCUT2D eigenvalue weighted by molar-refractivity contribution is -0.132. The molecule has 0 bridgehead atoms. The molecule has 7 heteroatoms. The number of H-pyrrole nitrogens is 1. The van der Waals surface area contributed by atoms with Gasteiger partial charge in [0.2, 0.25) is 5.91 Å². The molecule has 1 amide bonds. The molecule has 1 saturated heterocycles. The van der Waals surface area contributed by atoms with E-state index in [4.69, 9.17) is 0 Å². The lowest BCUT2D eigenvalue weighted by atomic mass is 10.1. The van der Waals surface area contributed by atoms with Gasteiger partial charge in [-0.15, -0.1) is 0 Å². The molecule has 0 unspecified atom stereocenters. The second kappa shape index (κ2) is 7.58. The second-order valence-electron chi connectivity index (χ2n) is 7.39. The topological polar surface area (TPSA) is 83.9 Å². The summed E-state index contributed by atoms with van der Waals surface area (Å²) in [6.45, 7) is 4.77. The minimum Gasteiger partial charge on any atom is -0.337 e. The van der Waals surface area contributed by atoms with Crippen molar-refractivity contribution in [1.29, 1.82) is 0 Å². The molecule has 1 aliphatic rings. The summed E-state index contributed by atoms with van der Waals surface area (Å²) in [5, 5.41) is 8.03. The molecular formula is C21H25N5O2. The molecule has 28 heavy (non-hydrogen) atoms. The van der Waals surface area contributed by atoms with Crippen molar-refractivity contribution in [2.45, 2.75) is 52.1 Å². The Kier molecular flexibility index (Phi) is 4.98. The molecule has 0 aliphatic carbocycles. The van der Waals surface area contributed by atoms with Crippen molar-refractivity contribution >= 4 is 22.6 Å². The first kappa shape index (κ1) is 18.4. The van der Waals surface area contributed by atoms with E-state index in [-0.39, 0.29) is 24.3 Å². The number of Topliss-reactive ketones (excluding diaryl/α,β-unsaturated/α-hetero) is 1. The van der Waals surface area contributed by atoms with Crippen molar-refractivity contribution in [1.82, 2.24) is 24.6 Å². The van der Waals surface area contributed by atoms with Crippen LogP contribution in [0.4, 0.5) is 0 Å². The Morgan fingerprint density at radius 1 is 1.29 bits per heavy atom. The predicted octanol–water partition coefficient (Wildman–Crippen LogP) is 3.41. The summed E-state index contributed by atoms with van der Waals surface area (Å²) in [5.74, 6) is 1.59. The van der Waals surface area contributed by atoms with Crippen LogP contribution in [-0.2, 0) is 11.3 Å². The number of ketones is 1. The number of fused-ring (bicyclic) bond motifs is 1. The van der Waals surface area contributed by atoms with Crippen LogP contribution in [0.3, 0.4) is 0 Å². The largest absolute Gasteiger partial charge is 0.337 e. The number of amides is 1. The van der Waals surface area contributed by atoms with Crippen LogP contribution in [-0.4, -0.2) is 42.9 Å². The van der Waals surface area contributed by atoms with Gasteiger partial charge in [0.1, 0.15) is 12.4 Å². The van der Waals surface area contributed by atoms with Gasteiger partial charge >= 0.3 is 0 Å². The molecule has 1 aliphatic heterocycles. The van der Waals surface area contributed by atoms with E-state index in [1.807, 2.05) is 53.8 Å². The zero-order valence-electron chi connectivity index (χ0n) is 16.3. The number of benzene rings is 1. The summed E-state index contributed by atoms with van der Waals surface area (Å²) in [4.78, 5) is 31.9. The molecule has 3 aromatic rings. The average molecular weight is 379 g/mol. The lowest BCUT2D eigenvalue weighted by Crippen LogP contribution is -2.33. The van der Waals surface area contributed by atoms with Gasteiger partial charge in [0.25, 0.3) is 0 Å². The summed E-state index contributed by atoms with van der Waals surface area (Å²) >= 11 is 0. The number of aromatic nitrogens is 4. The molecule has 4 rings (SSSR count). The first-order chi connectivity index (χ1) is 13.6. The highest BCUT2D eigenvalue weighted by Crippen LogP contribution is 2.30. The van der Waals surface area contributed by atoms with Crippen LogP contribution in [0.5, 0.6) is 0 Å². The number of rotatable bonds is 6. The zero-order chi connectivity index (χ0) is 19.7. The molecule has 1 atom stereocenters. The monoisotopic (exact) mass is 379 g/mol. The van der Waals surface area contributed by atoms with Gasteiger partial charge in [0.05, 0.1) is 6.04 Å². The molecule has 1 N–H and O–H groups in total. The van der Waals surface area contributed by atoms with Crippen LogP contribution in [0.2, 0.25) is 0 Å². The molecule has 1 aromatic carbocycles. The number of para-hydroxylation sites is 1. The molecule has 3 heterocycles. The summed E-state index contributed by atoms with van der Waals surface area (Å²) < 4.78 is 1.90. The maximum Gasteiger partial charge on any atom is 0.243 e. The fourth-order valence-electron chi connectivity index (χ4n) is 4.04. The van der Waals surface area contributed by atoms with Crippen LogP contribution >= 0.6 is 0 Å². The number of hydrogen-bond acceptors (Lipinski definition) is 4. The first-order valence-corrected chi connectivity index (χ1v) is 9.88. The van der Waals surface area contributed by atoms with Gasteiger partial charge in [-0.25, -0.2) is 4.98 Å². The van der Waals surface area contributed by atoms with E-state index in [2.05, 4.69) is 15.2 Å². The number of nitrogens with zero attached hydrogens (tertiary/aromatic N) is 4. The second-order valence-corrected chi connectivity index (χ2v) is 7.39. The highest BCUT2D eigenvalue weighted by molar-refractivity contribution is 6.08. The summed E-state index contributed by atoms with van der Waals surface area (Å²) in [5.41, 5.74) is 1.62. The minimum absolute atomic E-state index is 0.0280.